The van der Waals surface area contributed by atoms with E-state index in [9.17, 15) is 0 Å². The summed E-state index contributed by atoms with van der Waals surface area (Å²) in [6, 6.07) is 6.21. The number of aromatic nitrogens is 2. The van der Waals surface area contributed by atoms with Crippen LogP contribution in [-0.2, 0) is 6.42 Å². The first-order valence-corrected chi connectivity index (χ1v) is 9.92. The highest BCUT2D eigenvalue weighted by atomic mass is 16.5. The summed E-state index contributed by atoms with van der Waals surface area (Å²) in [5.41, 5.74) is 3.92. The average Bonchev–Trinajstić information content (AvgIpc) is 2.70. The number of hydrogen-bond donors (Lipinski definition) is 1. The summed E-state index contributed by atoms with van der Waals surface area (Å²) in [4.78, 5) is 9.56. The minimum absolute atomic E-state index is 0.191. The number of nitrogens with one attached hydrogen (secondary N) is 1. The molecule has 0 unspecified atom stereocenters. The van der Waals surface area contributed by atoms with Gasteiger partial charge in [0.25, 0.3) is 0 Å². The Hall–Kier alpha value is -2.30. The van der Waals surface area contributed by atoms with Crippen LogP contribution in [-0.4, -0.2) is 30.2 Å². The first-order chi connectivity index (χ1) is 13.0. The molecule has 27 heavy (non-hydrogen) atoms. The SMILES string of the molecule is CCc1cc(OC(CC)CC)c(NC)nc1-c1ccc(C(C)C)nc1OC. The number of ether oxygens (including phenoxy) is 2. The first kappa shape index (κ1) is 21.0. The molecule has 0 atom stereocenters. The fourth-order valence-corrected chi connectivity index (χ4v) is 3.05. The Morgan fingerprint density at radius 1 is 1.07 bits per heavy atom. The normalized spacial score (nSPS) is 11.1. The molecule has 5 heteroatoms. The van der Waals surface area contributed by atoms with Gasteiger partial charge < -0.3 is 14.8 Å². The molecule has 2 aromatic heterocycles. The predicted octanol–water partition coefficient (Wildman–Crippen LogP) is 5.45. The van der Waals surface area contributed by atoms with E-state index in [1.165, 1.54) is 0 Å². The molecule has 2 aromatic rings. The molecule has 0 aliphatic rings. The van der Waals surface area contributed by atoms with Gasteiger partial charge in [-0.2, -0.15) is 0 Å². The number of methoxy groups -OCH3 is 1. The van der Waals surface area contributed by atoms with Crippen molar-refractivity contribution in [2.24, 2.45) is 0 Å². The Balaban J connectivity index is 2.57. The zero-order chi connectivity index (χ0) is 20.0. The third kappa shape index (κ3) is 4.71. The molecule has 0 saturated carbocycles. The maximum absolute atomic E-state index is 6.20. The van der Waals surface area contributed by atoms with Crippen LogP contribution in [0.5, 0.6) is 11.6 Å². The highest BCUT2D eigenvalue weighted by Gasteiger charge is 2.19. The van der Waals surface area contributed by atoms with Gasteiger partial charge in [-0.3, -0.25) is 0 Å². The van der Waals surface area contributed by atoms with Crippen molar-refractivity contribution in [3.05, 3.63) is 29.5 Å². The first-order valence-electron chi connectivity index (χ1n) is 9.92. The van der Waals surface area contributed by atoms with Crippen LogP contribution in [0, 0.1) is 0 Å². The monoisotopic (exact) mass is 371 g/mol. The Morgan fingerprint density at radius 2 is 1.78 bits per heavy atom. The molecular formula is C22H33N3O2. The summed E-state index contributed by atoms with van der Waals surface area (Å²) in [5, 5.41) is 3.18. The van der Waals surface area contributed by atoms with Crippen LogP contribution >= 0.6 is 0 Å². The largest absolute Gasteiger partial charge is 0.487 e. The van der Waals surface area contributed by atoms with Crippen LogP contribution in [0.25, 0.3) is 11.3 Å². The molecule has 0 spiro atoms. The van der Waals surface area contributed by atoms with E-state index in [0.717, 1.165) is 53.3 Å². The smallest absolute Gasteiger partial charge is 0.222 e. The van der Waals surface area contributed by atoms with Gasteiger partial charge in [0, 0.05) is 12.7 Å². The van der Waals surface area contributed by atoms with Gasteiger partial charge in [-0.05, 0) is 48.9 Å². The highest BCUT2D eigenvalue weighted by molar-refractivity contribution is 5.72. The number of pyridine rings is 2. The molecule has 2 rings (SSSR count). The van der Waals surface area contributed by atoms with E-state index in [1.807, 2.05) is 7.05 Å². The van der Waals surface area contributed by atoms with E-state index in [0.29, 0.717) is 11.8 Å². The second-order valence-corrected chi connectivity index (χ2v) is 6.95. The quantitative estimate of drug-likeness (QED) is 0.635. The van der Waals surface area contributed by atoms with Gasteiger partial charge in [-0.15, -0.1) is 0 Å². The molecule has 0 fully saturated rings. The number of anilines is 1. The van der Waals surface area contributed by atoms with Crippen molar-refractivity contribution in [2.45, 2.75) is 65.9 Å². The van der Waals surface area contributed by atoms with Gasteiger partial charge in [-0.1, -0.05) is 34.6 Å². The molecule has 0 amide bonds. The van der Waals surface area contributed by atoms with Crippen molar-refractivity contribution in [1.29, 1.82) is 0 Å². The summed E-state index contributed by atoms with van der Waals surface area (Å²) >= 11 is 0. The van der Waals surface area contributed by atoms with Crippen molar-refractivity contribution >= 4 is 5.82 Å². The fraction of sp³-hybridized carbons (Fsp3) is 0.545. The van der Waals surface area contributed by atoms with Gasteiger partial charge in [0.2, 0.25) is 5.88 Å². The molecule has 2 heterocycles. The molecule has 5 nitrogen and oxygen atoms in total. The van der Waals surface area contributed by atoms with E-state index in [1.54, 1.807) is 7.11 Å². The zero-order valence-corrected chi connectivity index (χ0v) is 17.7. The highest BCUT2D eigenvalue weighted by Crippen LogP contribution is 2.36. The number of aryl methyl sites for hydroxylation is 1. The predicted molar refractivity (Wildman–Crippen MR) is 112 cm³/mol. The van der Waals surface area contributed by atoms with Crippen LogP contribution in [0.15, 0.2) is 18.2 Å². The molecule has 148 valence electrons. The van der Waals surface area contributed by atoms with Gasteiger partial charge in [0.1, 0.15) is 0 Å². The maximum atomic E-state index is 6.20. The summed E-state index contributed by atoms with van der Waals surface area (Å²) in [6.45, 7) is 10.7. The van der Waals surface area contributed by atoms with E-state index in [4.69, 9.17) is 14.5 Å². The lowest BCUT2D eigenvalue weighted by molar-refractivity contribution is 0.193. The Morgan fingerprint density at radius 3 is 2.30 bits per heavy atom. The topological polar surface area (TPSA) is 56.3 Å². The van der Waals surface area contributed by atoms with Crippen LogP contribution in [0.1, 0.15) is 64.6 Å². The van der Waals surface area contributed by atoms with Crippen LogP contribution in [0.2, 0.25) is 0 Å². The number of rotatable bonds is 9. The summed E-state index contributed by atoms with van der Waals surface area (Å²) in [7, 11) is 3.53. The van der Waals surface area contributed by atoms with E-state index < -0.39 is 0 Å². The second-order valence-electron chi connectivity index (χ2n) is 6.95. The van der Waals surface area contributed by atoms with Gasteiger partial charge >= 0.3 is 0 Å². The summed E-state index contributed by atoms with van der Waals surface area (Å²) in [5.74, 6) is 2.50. The molecular weight excluding hydrogens is 338 g/mol. The van der Waals surface area contributed by atoms with Crippen molar-refractivity contribution in [1.82, 2.24) is 9.97 Å². The third-order valence-electron chi connectivity index (χ3n) is 4.81. The average molecular weight is 372 g/mol. The van der Waals surface area contributed by atoms with E-state index >= 15 is 0 Å². The second kappa shape index (κ2) is 9.58. The lowest BCUT2D eigenvalue weighted by atomic mass is 10.0. The third-order valence-corrected chi connectivity index (χ3v) is 4.81. The van der Waals surface area contributed by atoms with Crippen molar-refractivity contribution < 1.29 is 9.47 Å². The van der Waals surface area contributed by atoms with Crippen molar-refractivity contribution in [3.8, 4) is 22.9 Å². The maximum Gasteiger partial charge on any atom is 0.222 e. The Bertz CT molecular complexity index is 755. The van der Waals surface area contributed by atoms with Crippen LogP contribution in [0.3, 0.4) is 0 Å². The minimum Gasteiger partial charge on any atom is -0.487 e. The molecule has 0 radical (unpaired) electrons. The van der Waals surface area contributed by atoms with Gasteiger partial charge in [-0.25, -0.2) is 9.97 Å². The lowest BCUT2D eigenvalue weighted by Crippen LogP contribution is -2.15. The number of nitrogens with zero attached hydrogens (tertiary/aromatic N) is 2. The molecule has 1 N–H and O–H groups in total. The standard InChI is InChI=1S/C22H33N3O2/c1-8-15-13-19(27-16(9-2)10-3)21(23-6)25-20(15)17-11-12-18(14(4)5)24-22(17)26-7/h11-14,16H,8-10H2,1-7H3,(H,23,25). The molecule has 0 aliphatic carbocycles. The number of hydrogen-bond acceptors (Lipinski definition) is 5. The van der Waals surface area contributed by atoms with Crippen molar-refractivity contribution in [3.63, 3.8) is 0 Å². The van der Waals surface area contributed by atoms with Gasteiger partial charge in [0.15, 0.2) is 11.6 Å². The fourth-order valence-electron chi connectivity index (χ4n) is 3.05. The zero-order valence-electron chi connectivity index (χ0n) is 17.7. The van der Waals surface area contributed by atoms with E-state index in [-0.39, 0.29) is 6.10 Å². The molecule has 0 aromatic carbocycles. The van der Waals surface area contributed by atoms with Gasteiger partial charge in [0.05, 0.1) is 24.5 Å². The minimum atomic E-state index is 0.191. The van der Waals surface area contributed by atoms with E-state index in [2.05, 4.69) is 63.1 Å². The molecule has 0 aliphatic heterocycles. The van der Waals surface area contributed by atoms with Crippen LogP contribution < -0.4 is 14.8 Å². The molecule has 0 saturated heterocycles. The molecule has 0 bridgehead atoms. The Kier molecular flexibility index (Phi) is 7.45. The van der Waals surface area contributed by atoms with Crippen molar-refractivity contribution in [2.75, 3.05) is 19.5 Å². The Labute approximate surface area is 163 Å². The van der Waals surface area contributed by atoms with Crippen LogP contribution in [0.4, 0.5) is 5.82 Å². The lowest BCUT2D eigenvalue weighted by Gasteiger charge is -2.20. The summed E-state index contributed by atoms with van der Waals surface area (Å²) < 4.78 is 11.8. The summed E-state index contributed by atoms with van der Waals surface area (Å²) in [6.07, 6.45) is 2.98.